The average molecular weight is 255 g/mol. The highest BCUT2D eigenvalue weighted by Gasteiger charge is 2.15. The quantitative estimate of drug-likeness (QED) is 0.704. The van der Waals surface area contributed by atoms with Crippen molar-refractivity contribution in [1.29, 1.82) is 0 Å². The lowest BCUT2D eigenvalue weighted by atomic mass is 10.1. The van der Waals surface area contributed by atoms with Crippen molar-refractivity contribution >= 4 is 11.0 Å². The first kappa shape index (κ1) is 11.6. The molecule has 0 saturated carbocycles. The van der Waals surface area contributed by atoms with Gasteiger partial charge in [-0.25, -0.2) is 0 Å². The van der Waals surface area contributed by atoms with Crippen LogP contribution in [0.2, 0.25) is 0 Å². The molecule has 0 aromatic carbocycles. The van der Waals surface area contributed by atoms with Crippen LogP contribution in [0.4, 0.5) is 0 Å². The Hall–Kier alpha value is -2.43. The molecule has 0 spiro atoms. The minimum atomic E-state index is -0.0811. The van der Waals surface area contributed by atoms with Crippen LogP contribution in [0, 0.1) is 0 Å². The molecule has 0 fully saturated rings. The van der Waals surface area contributed by atoms with Gasteiger partial charge in [0.15, 0.2) is 5.58 Å². The standard InChI is InChI=1S/C14H13N3O2/c1-3-10-13-12(19-16-10)8-11(17(2)14(13)18)9-4-6-15-7-5-9/h4-8H,3H2,1-2H3. The second-order valence-corrected chi connectivity index (χ2v) is 4.35. The number of nitrogens with zero attached hydrogens (tertiary/aromatic N) is 3. The summed E-state index contributed by atoms with van der Waals surface area (Å²) in [6, 6.07) is 5.56. The van der Waals surface area contributed by atoms with E-state index < -0.39 is 0 Å². The zero-order chi connectivity index (χ0) is 13.4. The van der Waals surface area contributed by atoms with E-state index >= 15 is 0 Å². The van der Waals surface area contributed by atoms with E-state index in [-0.39, 0.29) is 5.56 Å². The number of fused-ring (bicyclic) bond motifs is 1. The number of rotatable bonds is 2. The molecule has 3 rings (SSSR count). The predicted octanol–water partition coefficient (Wildman–Crippen LogP) is 2.15. The van der Waals surface area contributed by atoms with Crippen LogP contribution in [0.15, 0.2) is 39.9 Å². The minimum Gasteiger partial charge on any atom is -0.356 e. The van der Waals surface area contributed by atoms with Gasteiger partial charge >= 0.3 is 0 Å². The summed E-state index contributed by atoms with van der Waals surface area (Å²) in [4.78, 5) is 16.4. The lowest BCUT2D eigenvalue weighted by molar-refractivity contribution is 0.447. The summed E-state index contributed by atoms with van der Waals surface area (Å²) in [7, 11) is 1.75. The monoisotopic (exact) mass is 255 g/mol. The fraction of sp³-hybridized carbons (Fsp3) is 0.214. The van der Waals surface area contributed by atoms with Crippen molar-refractivity contribution in [2.45, 2.75) is 13.3 Å². The maximum absolute atomic E-state index is 12.4. The van der Waals surface area contributed by atoms with Gasteiger partial charge in [0.05, 0.1) is 11.4 Å². The SMILES string of the molecule is CCc1noc2cc(-c3ccncc3)n(C)c(=O)c12. The zero-order valence-electron chi connectivity index (χ0n) is 10.8. The molecule has 3 aromatic heterocycles. The van der Waals surface area contributed by atoms with Gasteiger partial charge in [-0.1, -0.05) is 12.1 Å². The summed E-state index contributed by atoms with van der Waals surface area (Å²) in [5.41, 5.74) is 2.87. The third-order valence-electron chi connectivity index (χ3n) is 3.25. The van der Waals surface area contributed by atoms with Crippen LogP contribution in [0.25, 0.3) is 22.2 Å². The normalized spacial score (nSPS) is 11.1. The van der Waals surface area contributed by atoms with Crippen LogP contribution in [0.1, 0.15) is 12.6 Å². The van der Waals surface area contributed by atoms with Crippen LogP contribution < -0.4 is 5.56 Å². The molecule has 96 valence electrons. The Morgan fingerprint density at radius 1 is 1.32 bits per heavy atom. The largest absolute Gasteiger partial charge is 0.356 e. The summed E-state index contributed by atoms with van der Waals surface area (Å²) in [6.07, 6.45) is 4.07. The number of aromatic nitrogens is 3. The molecule has 0 aliphatic rings. The van der Waals surface area contributed by atoms with Crippen molar-refractivity contribution in [2.24, 2.45) is 7.05 Å². The van der Waals surface area contributed by atoms with Crippen molar-refractivity contribution in [3.05, 3.63) is 46.6 Å². The molecule has 3 aromatic rings. The molecule has 0 saturated heterocycles. The van der Waals surface area contributed by atoms with Gasteiger partial charge in [-0.05, 0) is 18.6 Å². The third kappa shape index (κ3) is 1.74. The van der Waals surface area contributed by atoms with E-state index in [0.717, 1.165) is 11.3 Å². The lowest BCUT2D eigenvalue weighted by Crippen LogP contribution is -2.18. The van der Waals surface area contributed by atoms with Crippen molar-refractivity contribution < 1.29 is 4.52 Å². The Morgan fingerprint density at radius 3 is 2.74 bits per heavy atom. The topological polar surface area (TPSA) is 60.9 Å². The first-order valence-corrected chi connectivity index (χ1v) is 6.11. The van der Waals surface area contributed by atoms with Crippen LogP contribution in [0.5, 0.6) is 0 Å². The van der Waals surface area contributed by atoms with Crippen molar-refractivity contribution in [3.8, 4) is 11.3 Å². The molecule has 0 atom stereocenters. The zero-order valence-corrected chi connectivity index (χ0v) is 10.8. The first-order valence-electron chi connectivity index (χ1n) is 6.11. The van der Waals surface area contributed by atoms with Crippen molar-refractivity contribution in [2.75, 3.05) is 0 Å². The summed E-state index contributed by atoms with van der Waals surface area (Å²) >= 11 is 0. The molecular weight excluding hydrogens is 242 g/mol. The van der Waals surface area contributed by atoms with Crippen molar-refractivity contribution in [3.63, 3.8) is 0 Å². The fourth-order valence-electron chi connectivity index (χ4n) is 2.20. The predicted molar refractivity (Wildman–Crippen MR) is 71.9 cm³/mol. The Labute approximate surface area is 109 Å². The molecule has 0 unspecified atom stereocenters. The smallest absolute Gasteiger partial charge is 0.263 e. The van der Waals surface area contributed by atoms with Gasteiger partial charge in [0, 0.05) is 31.1 Å². The first-order chi connectivity index (χ1) is 9.22. The molecule has 5 nitrogen and oxygen atoms in total. The van der Waals surface area contributed by atoms with E-state index in [1.165, 1.54) is 0 Å². The number of hydrogen-bond donors (Lipinski definition) is 0. The van der Waals surface area contributed by atoms with E-state index in [1.54, 1.807) is 24.0 Å². The van der Waals surface area contributed by atoms with Gasteiger partial charge in [-0.2, -0.15) is 0 Å². The number of pyridine rings is 2. The van der Waals surface area contributed by atoms with E-state index in [9.17, 15) is 4.79 Å². The molecule has 0 bridgehead atoms. The van der Waals surface area contributed by atoms with E-state index in [2.05, 4.69) is 10.1 Å². The van der Waals surface area contributed by atoms with E-state index in [0.29, 0.717) is 23.1 Å². The molecule has 0 N–H and O–H groups in total. The maximum atomic E-state index is 12.4. The molecule has 19 heavy (non-hydrogen) atoms. The maximum Gasteiger partial charge on any atom is 0.263 e. The molecule has 0 aliphatic carbocycles. The summed E-state index contributed by atoms with van der Waals surface area (Å²) in [6.45, 7) is 1.95. The van der Waals surface area contributed by atoms with Crippen molar-refractivity contribution in [1.82, 2.24) is 14.7 Å². The fourth-order valence-corrected chi connectivity index (χ4v) is 2.20. The second-order valence-electron chi connectivity index (χ2n) is 4.35. The van der Waals surface area contributed by atoms with Crippen LogP contribution in [0.3, 0.4) is 0 Å². The molecule has 0 radical (unpaired) electrons. The molecule has 3 heterocycles. The van der Waals surface area contributed by atoms with Crippen LogP contribution in [-0.2, 0) is 13.5 Å². The summed E-state index contributed by atoms with van der Waals surface area (Å²) in [5, 5.41) is 4.52. The average Bonchev–Trinajstić information content (AvgIpc) is 2.87. The Kier molecular flexibility index (Phi) is 2.67. The van der Waals surface area contributed by atoms with Gasteiger partial charge in [0.1, 0.15) is 5.39 Å². The summed E-state index contributed by atoms with van der Waals surface area (Å²) in [5.74, 6) is 0. The van der Waals surface area contributed by atoms with Crippen LogP contribution in [-0.4, -0.2) is 14.7 Å². The Morgan fingerprint density at radius 2 is 2.05 bits per heavy atom. The van der Waals surface area contributed by atoms with E-state index in [4.69, 9.17) is 4.52 Å². The number of aryl methyl sites for hydroxylation is 1. The van der Waals surface area contributed by atoms with Crippen LogP contribution >= 0.6 is 0 Å². The molecular formula is C14H13N3O2. The lowest BCUT2D eigenvalue weighted by Gasteiger charge is -2.07. The van der Waals surface area contributed by atoms with Gasteiger partial charge in [0.2, 0.25) is 0 Å². The van der Waals surface area contributed by atoms with Gasteiger partial charge in [-0.3, -0.25) is 9.78 Å². The molecule has 0 aliphatic heterocycles. The molecule has 5 heteroatoms. The summed E-state index contributed by atoms with van der Waals surface area (Å²) < 4.78 is 6.88. The van der Waals surface area contributed by atoms with Gasteiger partial charge < -0.3 is 9.09 Å². The Bertz CT molecular complexity index is 788. The minimum absolute atomic E-state index is 0.0811. The van der Waals surface area contributed by atoms with E-state index in [1.807, 2.05) is 25.1 Å². The third-order valence-corrected chi connectivity index (χ3v) is 3.25. The van der Waals surface area contributed by atoms with Gasteiger partial charge in [-0.15, -0.1) is 0 Å². The molecule has 0 amide bonds. The number of hydrogen-bond acceptors (Lipinski definition) is 4. The Balaban J connectivity index is 2.35. The van der Waals surface area contributed by atoms with Gasteiger partial charge in [0.25, 0.3) is 5.56 Å². The second kappa shape index (κ2) is 4.35. The highest BCUT2D eigenvalue weighted by molar-refractivity contribution is 5.82. The highest BCUT2D eigenvalue weighted by atomic mass is 16.5. The highest BCUT2D eigenvalue weighted by Crippen LogP contribution is 2.22.